The topological polar surface area (TPSA) is 77.5 Å². The third-order valence-corrected chi connectivity index (χ3v) is 6.77. The first-order valence-electron chi connectivity index (χ1n) is 11.7. The fraction of sp³-hybridized carbons (Fsp3) is 0.286. The van der Waals surface area contributed by atoms with E-state index in [1.54, 1.807) is 38.5 Å². The molecule has 0 saturated carbocycles. The van der Waals surface area contributed by atoms with Crippen molar-refractivity contribution in [2.24, 2.45) is 5.92 Å². The number of carbonyl (C=O) groups excluding carboxylic acids is 2. The molecule has 186 valence electrons. The number of rotatable bonds is 6. The van der Waals surface area contributed by atoms with Crippen LogP contribution >= 0.6 is 0 Å². The van der Waals surface area contributed by atoms with Crippen LogP contribution in [0.4, 0.5) is 11.4 Å². The summed E-state index contributed by atoms with van der Waals surface area (Å²) in [7, 11) is 4.64. The summed E-state index contributed by atoms with van der Waals surface area (Å²) in [6, 6.07) is 17.9. The van der Waals surface area contributed by atoms with Gasteiger partial charge in [0, 0.05) is 11.6 Å². The van der Waals surface area contributed by atoms with Gasteiger partial charge in [0.15, 0.2) is 17.6 Å². The highest BCUT2D eigenvalue weighted by Gasteiger charge is 2.61. The largest absolute Gasteiger partial charge is 0.496 e. The number of hydrogen-bond donors (Lipinski definition) is 0. The van der Waals surface area contributed by atoms with Gasteiger partial charge in [0.2, 0.25) is 5.91 Å². The minimum atomic E-state index is -0.985. The van der Waals surface area contributed by atoms with Crippen LogP contribution in [0.3, 0.4) is 0 Å². The summed E-state index contributed by atoms with van der Waals surface area (Å²) in [6.07, 6.45) is -0.985. The Balaban J connectivity index is 1.66. The Morgan fingerprint density at radius 3 is 2.08 bits per heavy atom. The van der Waals surface area contributed by atoms with Gasteiger partial charge in [0.1, 0.15) is 17.7 Å². The predicted molar refractivity (Wildman–Crippen MR) is 135 cm³/mol. The van der Waals surface area contributed by atoms with Crippen molar-refractivity contribution in [2.75, 3.05) is 31.3 Å². The van der Waals surface area contributed by atoms with E-state index >= 15 is 0 Å². The SMILES string of the molecule is COc1cc(OC)c([C@H]2[C@@H]3C(=O)N(c4ccc(C)cc4C)C(=O)[C@H]3ON2c2ccccc2)cc1OC. The summed E-state index contributed by atoms with van der Waals surface area (Å²) in [5.41, 5.74) is 3.83. The van der Waals surface area contributed by atoms with Crippen molar-refractivity contribution in [3.05, 3.63) is 77.4 Å². The van der Waals surface area contributed by atoms with Crippen LogP contribution in [0, 0.1) is 19.8 Å². The maximum Gasteiger partial charge on any atom is 0.266 e. The van der Waals surface area contributed by atoms with Crippen LogP contribution in [0.25, 0.3) is 0 Å². The van der Waals surface area contributed by atoms with Crippen molar-refractivity contribution in [1.29, 1.82) is 0 Å². The van der Waals surface area contributed by atoms with E-state index in [1.807, 2.05) is 62.4 Å². The molecular weight excluding hydrogens is 460 g/mol. The van der Waals surface area contributed by atoms with Crippen molar-refractivity contribution in [1.82, 2.24) is 0 Å². The number of amides is 2. The maximum atomic E-state index is 14.0. The molecule has 5 rings (SSSR count). The normalized spacial score (nSPS) is 21.1. The Morgan fingerprint density at radius 2 is 1.44 bits per heavy atom. The van der Waals surface area contributed by atoms with E-state index in [0.29, 0.717) is 34.2 Å². The number of aryl methyl sites for hydroxylation is 2. The number of hydroxylamine groups is 1. The van der Waals surface area contributed by atoms with Gasteiger partial charge in [0.25, 0.3) is 5.91 Å². The van der Waals surface area contributed by atoms with Crippen molar-refractivity contribution in [2.45, 2.75) is 26.0 Å². The number of methoxy groups -OCH3 is 3. The average Bonchev–Trinajstić information content (AvgIpc) is 3.39. The summed E-state index contributed by atoms with van der Waals surface area (Å²) >= 11 is 0. The van der Waals surface area contributed by atoms with Crippen LogP contribution in [-0.4, -0.2) is 39.2 Å². The number of para-hydroxylation sites is 1. The van der Waals surface area contributed by atoms with Crippen molar-refractivity contribution < 1.29 is 28.6 Å². The van der Waals surface area contributed by atoms with Gasteiger partial charge in [-0.15, -0.1) is 0 Å². The van der Waals surface area contributed by atoms with Crippen molar-refractivity contribution in [3.63, 3.8) is 0 Å². The van der Waals surface area contributed by atoms with E-state index in [1.165, 1.54) is 4.90 Å². The standard InChI is InChI=1S/C28H28N2O6/c1-16-11-12-20(17(2)13-16)29-27(31)24-25(19-14-22(34-4)23(35-5)15-21(19)33-3)30(36-26(24)28(29)32)18-9-7-6-8-10-18/h6-15,24-26H,1-5H3/t24-,25-,26-/m0/s1. The third kappa shape index (κ3) is 3.65. The first-order valence-corrected chi connectivity index (χ1v) is 11.7. The van der Waals surface area contributed by atoms with E-state index in [9.17, 15) is 9.59 Å². The van der Waals surface area contributed by atoms with Crippen LogP contribution < -0.4 is 24.2 Å². The van der Waals surface area contributed by atoms with E-state index < -0.39 is 18.1 Å². The molecule has 0 radical (unpaired) electrons. The van der Waals surface area contributed by atoms with Crippen LogP contribution in [0.15, 0.2) is 60.7 Å². The monoisotopic (exact) mass is 488 g/mol. The number of hydrogen-bond acceptors (Lipinski definition) is 7. The lowest BCUT2D eigenvalue weighted by molar-refractivity contribution is -0.126. The molecule has 2 saturated heterocycles. The highest BCUT2D eigenvalue weighted by molar-refractivity contribution is 6.24. The Hall–Kier alpha value is -4.04. The molecule has 0 bridgehead atoms. The van der Waals surface area contributed by atoms with E-state index in [2.05, 4.69) is 0 Å². The maximum absolute atomic E-state index is 14.0. The van der Waals surface area contributed by atoms with Gasteiger partial charge < -0.3 is 14.2 Å². The molecule has 0 N–H and O–H groups in total. The van der Waals surface area contributed by atoms with Crippen LogP contribution in [-0.2, 0) is 14.4 Å². The lowest BCUT2D eigenvalue weighted by atomic mass is 9.89. The molecule has 0 aliphatic carbocycles. The molecule has 36 heavy (non-hydrogen) atoms. The quantitative estimate of drug-likeness (QED) is 0.477. The van der Waals surface area contributed by atoms with Crippen LogP contribution in [0.5, 0.6) is 17.2 Å². The zero-order chi connectivity index (χ0) is 25.6. The molecule has 2 heterocycles. The van der Waals surface area contributed by atoms with Gasteiger partial charge in [-0.3, -0.25) is 14.4 Å². The Kier molecular flexibility index (Phi) is 6.05. The zero-order valence-corrected chi connectivity index (χ0v) is 20.8. The zero-order valence-electron chi connectivity index (χ0n) is 20.8. The molecule has 0 aromatic heterocycles. The van der Waals surface area contributed by atoms with Gasteiger partial charge in [-0.2, -0.15) is 0 Å². The molecule has 0 unspecified atom stereocenters. The second-order valence-corrected chi connectivity index (χ2v) is 8.91. The molecule has 3 aromatic carbocycles. The van der Waals surface area contributed by atoms with Crippen molar-refractivity contribution in [3.8, 4) is 17.2 Å². The molecule has 2 aliphatic heterocycles. The van der Waals surface area contributed by atoms with E-state index in [-0.39, 0.29) is 11.8 Å². The number of nitrogens with zero attached hydrogens (tertiary/aromatic N) is 2. The van der Waals surface area contributed by atoms with Gasteiger partial charge in [-0.05, 0) is 43.7 Å². The molecular formula is C28H28N2O6. The lowest BCUT2D eigenvalue weighted by Gasteiger charge is -2.30. The fourth-order valence-electron chi connectivity index (χ4n) is 5.11. The van der Waals surface area contributed by atoms with Crippen molar-refractivity contribution >= 4 is 23.2 Å². The minimum absolute atomic E-state index is 0.322. The summed E-state index contributed by atoms with van der Waals surface area (Å²) < 4.78 is 16.7. The number of imide groups is 1. The number of fused-ring (bicyclic) bond motifs is 1. The molecule has 8 heteroatoms. The van der Waals surface area contributed by atoms with Gasteiger partial charge >= 0.3 is 0 Å². The minimum Gasteiger partial charge on any atom is -0.496 e. The Labute approximate surface area is 209 Å². The highest BCUT2D eigenvalue weighted by Crippen LogP contribution is 2.51. The van der Waals surface area contributed by atoms with E-state index in [0.717, 1.165) is 11.1 Å². The number of anilines is 2. The molecule has 2 aliphatic rings. The second-order valence-electron chi connectivity index (χ2n) is 8.91. The second kappa shape index (κ2) is 9.20. The number of carbonyl (C=O) groups is 2. The molecule has 3 atom stereocenters. The molecule has 8 nitrogen and oxygen atoms in total. The highest BCUT2D eigenvalue weighted by atomic mass is 16.7. The van der Waals surface area contributed by atoms with Crippen LogP contribution in [0.1, 0.15) is 22.7 Å². The molecule has 2 fully saturated rings. The summed E-state index contributed by atoms with van der Waals surface area (Å²) in [5.74, 6) is -0.0474. The first-order chi connectivity index (χ1) is 17.4. The summed E-state index contributed by atoms with van der Waals surface area (Å²) in [6.45, 7) is 3.86. The van der Waals surface area contributed by atoms with Crippen LogP contribution in [0.2, 0.25) is 0 Å². The Morgan fingerprint density at radius 1 is 0.778 bits per heavy atom. The number of ether oxygens (including phenoxy) is 3. The third-order valence-electron chi connectivity index (χ3n) is 6.77. The smallest absolute Gasteiger partial charge is 0.266 e. The van der Waals surface area contributed by atoms with Gasteiger partial charge in [-0.1, -0.05) is 35.9 Å². The molecule has 2 amide bonds. The van der Waals surface area contributed by atoms with Gasteiger partial charge in [0.05, 0.1) is 32.7 Å². The first kappa shape index (κ1) is 23.7. The number of benzene rings is 3. The fourth-order valence-corrected chi connectivity index (χ4v) is 5.11. The molecule has 3 aromatic rings. The van der Waals surface area contributed by atoms with Gasteiger partial charge in [-0.25, -0.2) is 9.96 Å². The van der Waals surface area contributed by atoms with E-state index in [4.69, 9.17) is 19.0 Å². The summed E-state index contributed by atoms with van der Waals surface area (Å²) in [5, 5.41) is 1.63. The molecule has 0 spiro atoms. The summed E-state index contributed by atoms with van der Waals surface area (Å²) in [4.78, 5) is 35.1. The Bertz CT molecular complexity index is 1330. The average molecular weight is 489 g/mol. The lowest BCUT2D eigenvalue weighted by Crippen LogP contribution is -2.37. The predicted octanol–water partition coefficient (Wildman–Crippen LogP) is 4.38.